The number of morpholine rings is 1. The smallest absolute Gasteiger partial charge is 0.321 e. The Morgan fingerprint density at radius 1 is 1.42 bits per heavy atom. The van der Waals surface area contributed by atoms with Gasteiger partial charge in [0, 0.05) is 44.0 Å². The Balaban J connectivity index is 1.52. The molecule has 0 aliphatic carbocycles. The van der Waals surface area contributed by atoms with Crippen LogP contribution in [0.2, 0.25) is 0 Å². The number of urea groups is 1. The van der Waals surface area contributed by atoms with Gasteiger partial charge in [-0.2, -0.15) is 0 Å². The first-order valence-corrected chi connectivity index (χ1v) is 8.37. The molecule has 0 radical (unpaired) electrons. The van der Waals surface area contributed by atoms with E-state index in [-0.39, 0.29) is 18.0 Å². The van der Waals surface area contributed by atoms with Gasteiger partial charge in [0.25, 0.3) is 5.91 Å². The summed E-state index contributed by atoms with van der Waals surface area (Å²) < 4.78 is 5.69. The molecule has 0 saturated carbocycles. The minimum Gasteiger partial charge on any atom is -0.375 e. The Morgan fingerprint density at radius 2 is 2.29 bits per heavy atom. The topological polar surface area (TPSA) is 73.9 Å². The van der Waals surface area contributed by atoms with E-state index in [0.29, 0.717) is 25.2 Å². The largest absolute Gasteiger partial charge is 0.375 e. The first-order valence-electron chi connectivity index (χ1n) is 8.37. The summed E-state index contributed by atoms with van der Waals surface area (Å²) in [6.07, 6.45) is 0.966. The van der Waals surface area contributed by atoms with Crippen LogP contribution in [0.15, 0.2) is 24.3 Å². The van der Waals surface area contributed by atoms with Crippen LogP contribution < -0.4 is 15.5 Å². The number of carbonyl (C=O) groups is 2. The van der Waals surface area contributed by atoms with Crippen LogP contribution in [-0.4, -0.2) is 69.3 Å². The molecule has 1 unspecified atom stereocenters. The molecule has 3 amide bonds. The highest BCUT2D eigenvalue weighted by Crippen LogP contribution is 2.18. The summed E-state index contributed by atoms with van der Waals surface area (Å²) in [5.74, 6) is -0.124. The fourth-order valence-corrected chi connectivity index (χ4v) is 3.02. The number of hydrogen-bond donors (Lipinski definition) is 2. The van der Waals surface area contributed by atoms with Crippen molar-refractivity contribution in [3.63, 3.8) is 0 Å². The molecule has 0 bridgehead atoms. The molecule has 0 spiro atoms. The van der Waals surface area contributed by atoms with Gasteiger partial charge in [-0.1, -0.05) is 6.07 Å². The van der Waals surface area contributed by atoms with Crippen LogP contribution in [0.4, 0.5) is 10.5 Å². The van der Waals surface area contributed by atoms with E-state index in [1.165, 1.54) is 0 Å². The number of rotatable bonds is 5. The standard InChI is InChI=1S/C17H24N4O3/c1-20-9-10-24-15(12-20)5-6-18-16(22)13-3-2-4-14(11-13)21-8-7-19-17(21)23/h2-4,11,15H,5-10,12H2,1H3,(H,18,22)(H,19,23). The van der Waals surface area contributed by atoms with Gasteiger partial charge in [-0.25, -0.2) is 4.79 Å². The molecule has 24 heavy (non-hydrogen) atoms. The van der Waals surface area contributed by atoms with Gasteiger partial charge >= 0.3 is 6.03 Å². The zero-order valence-corrected chi connectivity index (χ0v) is 14.0. The number of nitrogens with zero attached hydrogens (tertiary/aromatic N) is 2. The zero-order valence-electron chi connectivity index (χ0n) is 14.0. The molecule has 2 aliphatic heterocycles. The molecule has 1 atom stereocenters. The Bertz CT molecular complexity index is 607. The molecule has 2 aliphatic rings. The third-order valence-electron chi connectivity index (χ3n) is 4.37. The fraction of sp³-hybridized carbons (Fsp3) is 0.529. The lowest BCUT2D eigenvalue weighted by atomic mass is 10.1. The van der Waals surface area contributed by atoms with Crippen LogP contribution in [-0.2, 0) is 4.74 Å². The van der Waals surface area contributed by atoms with E-state index < -0.39 is 0 Å². The lowest BCUT2D eigenvalue weighted by molar-refractivity contribution is -0.0226. The number of amides is 3. The average molecular weight is 332 g/mol. The molecule has 1 aromatic rings. The van der Waals surface area contributed by atoms with E-state index in [0.717, 1.165) is 31.8 Å². The molecule has 3 rings (SSSR count). The van der Waals surface area contributed by atoms with Crippen LogP contribution in [0, 0.1) is 0 Å². The highest BCUT2D eigenvalue weighted by Gasteiger charge is 2.22. The Morgan fingerprint density at radius 3 is 3.04 bits per heavy atom. The summed E-state index contributed by atoms with van der Waals surface area (Å²) in [6, 6.07) is 7.04. The lowest BCUT2D eigenvalue weighted by Gasteiger charge is -2.30. The SMILES string of the molecule is CN1CCOC(CCNC(=O)c2cccc(N3CCNC3=O)c2)C1. The predicted molar refractivity (Wildman–Crippen MR) is 91.4 cm³/mol. The van der Waals surface area contributed by atoms with E-state index in [1.54, 1.807) is 23.1 Å². The predicted octanol–water partition coefficient (Wildman–Crippen LogP) is 0.667. The van der Waals surface area contributed by atoms with E-state index >= 15 is 0 Å². The second kappa shape index (κ2) is 7.63. The molecule has 2 N–H and O–H groups in total. The van der Waals surface area contributed by atoms with Crippen LogP contribution in [0.25, 0.3) is 0 Å². The number of ether oxygens (including phenoxy) is 1. The molecule has 0 aromatic heterocycles. The van der Waals surface area contributed by atoms with Gasteiger partial charge in [0.1, 0.15) is 0 Å². The van der Waals surface area contributed by atoms with Crippen molar-refractivity contribution in [3.05, 3.63) is 29.8 Å². The van der Waals surface area contributed by atoms with Crippen molar-refractivity contribution in [2.75, 3.05) is 51.3 Å². The number of hydrogen-bond acceptors (Lipinski definition) is 4. The third kappa shape index (κ3) is 4.04. The molecule has 2 saturated heterocycles. The summed E-state index contributed by atoms with van der Waals surface area (Å²) in [7, 11) is 2.08. The van der Waals surface area contributed by atoms with Gasteiger partial charge in [-0.05, 0) is 31.7 Å². The minimum absolute atomic E-state index is 0.119. The van der Waals surface area contributed by atoms with Gasteiger partial charge in [0.05, 0.1) is 12.7 Å². The van der Waals surface area contributed by atoms with Gasteiger partial charge in [0.15, 0.2) is 0 Å². The second-order valence-corrected chi connectivity index (χ2v) is 6.23. The van der Waals surface area contributed by atoms with Crippen molar-refractivity contribution in [2.24, 2.45) is 0 Å². The third-order valence-corrected chi connectivity index (χ3v) is 4.37. The lowest BCUT2D eigenvalue weighted by Crippen LogP contribution is -2.41. The first kappa shape index (κ1) is 16.7. The summed E-state index contributed by atoms with van der Waals surface area (Å²) >= 11 is 0. The van der Waals surface area contributed by atoms with Gasteiger partial charge < -0.3 is 20.3 Å². The molecule has 2 fully saturated rings. The number of benzene rings is 1. The Kier molecular flexibility index (Phi) is 5.32. The number of likely N-dealkylation sites (N-methyl/N-ethyl adjacent to an activating group) is 1. The maximum Gasteiger partial charge on any atom is 0.321 e. The molecular formula is C17H24N4O3. The fourth-order valence-electron chi connectivity index (χ4n) is 3.02. The molecular weight excluding hydrogens is 308 g/mol. The normalized spacial score (nSPS) is 21.6. The van der Waals surface area contributed by atoms with E-state index in [1.807, 2.05) is 6.07 Å². The highest BCUT2D eigenvalue weighted by molar-refractivity contribution is 5.98. The van der Waals surface area contributed by atoms with Gasteiger partial charge in [0.2, 0.25) is 0 Å². The van der Waals surface area contributed by atoms with Crippen LogP contribution >= 0.6 is 0 Å². The molecule has 7 nitrogen and oxygen atoms in total. The molecule has 2 heterocycles. The molecule has 7 heteroatoms. The van der Waals surface area contributed by atoms with E-state index in [4.69, 9.17) is 4.74 Å². The van der Waals surface area contributed by atoms with Crippen LogP contribution in [0.3, 0.4) is 0 Å². The molecule has 1 aromatic carbocycles. The Labute approximate surface area is 141 Å². The maximum atomic E-state index is 12.3. The average Bonchev–Trinajstić information content (AvgIpc) is 3.01. The first-order chi connectivity index (χ1) is 11.6. The zero-order chi connectivity index (χ0) is 16.9. The van der Waals surface area contributed by atoms with Crippen molar-refractivity contribution >= 4 is 17.6 Å². The van der Waals surface area contributed by atoms with Crippen molar-refractivity contribution in [1.29, 1.82) is 0 Å². The number of anilines is 1. The highest BCUT2D eigenvalue weighted by atomic mass is 16.5. The minimum atomic E-state index is -0.124. The second-order valence-electron chi connectivity index (χ2n) is 6.23. The summed E-state index contributed by atoms with van der Waals surface area (Å²) in [5, 5.41) is 5.69. The van der Waals surface area contributed by atoms with Crippen molar-refractivity contribution < 1.29 is 14.3 Å². The summed E-state index contributed by atoms with van der Waals surface area (Å²) in [4.78, 5) is 27.9. The number of nitrogens with one attached hydrogen (secondary N) is 2. The van der Waals surface area contributed by atoms with Gasteiger partial charge in [-0.3, -0.25) is 9.69 Å². The van der Waals surface area contributed by atoms with Crippen LogP contribution in [0.5, 0.6) is 0 Å². The van der Waals surface area contributed by atoms with Crippen molar-refractivity contribution in [1.82, 2.24) is 15.5 Å². The quantitative estimate of drug-likeness (QED) is 0.831. The van der Waals surface area contributed by atoms with E-state index in [2.05, 4.69) is 22.6 Å². The van der Waals surface area contributed by atoms with Crippen molar-refractivity contribution in [2.45, 2.75) is 12.5 Å². The molecule has 130 valence electrons. The Hall–Kier alpha value is -2.12. The maximum absolute atomic E-state index is 12.3. The van der Waals surface area contributed by atoms with Gasteiger partial charge in [-0.15, -0.1) is 0 Å². The summed E-state index contributed by atoms with van der Waals surface area (Å²) in [6.45, 7) is 4.43. The summed E-state index contributed by atoms with van der Waals surface area (Å²) in [5.41, 5.74) is 1.31. The monoisotopic (exact) mass is 332 g/mol. The van der Waals surface area contributed by atoms with Crippen LogP contribution in [0.1, 0.15) is 16.8 Å². The van der Waals surface area contributed by atoms with E-state index in [9.17, 15) is 9.59 Å². The van der Waals surface area contributed by atoms with Crippen molar-refractivity contribution in [3.8, 4) is 0 Å². The number of carbonyl (C=O) groups excluding carboxylic acids is 2.